The number of nitrogens with zero attached hydrogens (tertiary/aromatic N) is 2. The maximum absolute atomic E-state index is 12.9. The Balaban J connectivity index is 5.07. The van der Waals surface area contributed by atoms with Gasteiger partial charge in [-0.25, -0.2) is 9.34 Å². The van der Waals surface area contributed by atoms with Gasteiger partial charge in [0.15, 0.2) is 0 Å². The van der Waals surface area contributed by atoms with E-state index in [1.165, 1.54) is 0 Å². The minimum atomic E-state index is -3.05. The van der Waals surface area contributed by atoms with Crippen LogP contribution < -0.4 is 5.73 Å². The lowest BCUT2D eigenvalue weighted by Crippen LogP contribution is -2.37. The zero-order valence-corrected chi connectivity index (χ0v) is 13.1. The summed E-state index contributed by atoms with van der Waals surface area (Å²) < 4.78 is 22.0. The molecule has 1 unspecified atom stereocenters. The lowest BCUT2D eigenvalue weighted by atomic mass is 10.2. The van der Waals surface area contributed by atoms with Crippen LogP contribution in [0.15, 0.2) is 0 Å². The van der Waals surface area contributed by atoms with Crippen molar-refractivity contribution in [1.82, 2.24) is 9.34 Å². The molecule has 0 saturated carbocycles. The van der Waals surface area contributed by atoms with Gasteiger partial charge in [-0.05, 0) is 34.9 Å². The SMILES string of the molecule is CN(C)P(=O)(OC(C)(C)C)N(CCN)CCCl. The minimum Gasteiger partial charge on any atom is -0.329 e. The maximum Gasteiger partial charge on any atom is 0.346 e. The third kappa shape index (κ3) is 5.69. The van der Waals surface area contributed by atoms with Gasteiger partial charge in [0.1, 0.15) is 0 Å². The summed E-state index contributed by atoms with van der Waals surface area (Å²) in [7, 11) is 0.427. The van der Waals surface area contributed by atoms with Crippen molar-refractivity contribution in [2.24, 2.45) is 5.73 Å². The quantitative estimate of drug-likeness (QED) is 0.572. The molecular formula is C10H25ClN3O2P. The van der Waals surface area contributed by atoms with Crippen LogP contribution in [-0.4, -0.2) is 54.6 Å². The molecule has 104 valence electrons. The monoisotopic (exact) mass is 285 g/mol. The maximum atomic E-state index is 12.9. The van der Waals surface area contributed by atoms with E-state index in [4.69, 9.17) is 21.9 Å². The highest BCUT2D eigenvalue weighted by molar-refractivity contribution is 7.53. The van der Waals surface area contributed by atoms with Crippen LogP contribution >= 0.6 is 19.3 Å². The van der Waals surface area contributed by atoms with Crippen molar-refractivity contribution in [2.45, 2.75) is 26.4 Å². The fourth-order valence-corrected chi connectivity index (χ4v) is 3.90. The smallest absolute Gasteiger partial charge is 0.329 e. The van der Waals surface area contributed by atoms with Crippen molar-refractivity contribution in [2.75, 3.05) is 39.6 Å². The molecular weight excluding hydrogens is 261 g/mol. The number of halogens is 1. The number of rotatable bonds is 7. The lowest BCUT2D eigenvalue weighted by Gasteiger charge is -2.38. The molecule has 0 aromatic carbocycles. The van der Waals surface area contributed by atoms with E-state index in [1.54, 1.807) is 23.4 Å². The zero-order chi connectivity index (χ0) is 13.7. The summed E-state index contributed by atoms with van der Waals surface area (Å²) in [5.74, 6) is 0.394. The van der Waals surface area contributed by atoms with Gasteiger partial charge in [-0.3, -0.25) is 4.57 Å². The minimum absolute atomic E-state index is 0.394. The van der Waals surface area contributed by atoms with Crippen molar-refractivity contribution in [3.63, 3.8) is 0 Å². The average molecular weight is 286 g/mol. The second-order valence-corrected chi connectivity index (χ2v) is 7.88. The molecule has 1 atom stereocenters. The molecule has 0 aromatic rings. The molecule has 0 spiro atoms. The van der Waals surface area contributed by atoms with Crippen LogP contribution in [0, 0.1) is 0 Å². The Labute approximate surface area is 110 Å². The summed E-state index contributed by atoms with van der Waals surface area (Å²) in [6.45, 7) is 7.05. The molecule has 0 rings (SSSR count). The van der Waals surface area contributed by atoms with Crippen LogP contribution in [-0.2, 0) is 9.09 Å². The molecule has 17 heavy (non-hydrogen) atoms. The molecule has 0 aromatic heterocycles. The van der Waals surface area contributed by atoms with Crippen LogP contribution in [0.1, 0.15) is 20.8 Å². The topological polar surface area (TPSA) is 58.8 Å². The molecule has 0 aliphatic heterocycles. The summed E-state index contributed by atoms with van der Waals surface area (Å²) in [4.78, 5) is 0. The molecule has 5 nitrogen and oxygen atoms in total. The fourth-order valence-electron chi connectivity index (χ4n) is 1.36. The van der Waals surface area contributed by atoms with Gasteiger partial charge in [0, 0.05) is 25.5 Å². The van der Waals surface area contributed by atoms with Gasteiger partial charge in [-0.1, -0.05) is 0 Å². The van der Waals surface area contributed by atoms with E-state index >= 15 is 0 Å². The molecule has 0 fully saturated rings. The Morgan fingerprint density at radius 1 is 1.29 bits per heavy atom. The third-order valence-corrected chi connectivity index (χ3v) is 5.07. The lowest BCUT2D eigenvalue weighted by molar-refractivity contribution is 0.0999. The molecule has 0 radical (unpaired) electrons. The predicted molar refractivity (Wildman–Crippen MR) is 73.5 cm³/mol. The van der Waals surface area contributed by atoms with Crippen molar-refractivity contribution >= 4 is 19.3 Å². The van der Waals surface area contributed by atoms with E-state index in [-0.39, 0.29) is 0 Å². The van der Waals surface area contributed by atoms with Gasteiger partial charge >= 0.3 is 7.67 Å². The van der Waals surface area contributed by atoms with Crippen LogP contribution in [0.2, 0.25) is 0 Å². The molecule has 0 aliphatic rings. The van der Waals surface area contributed by atoms with Crippen molar-refractivity contribution in [1.29, 1.82) is 0 Å². The third-order valence-electron chi connectivity index (χ3n) is 1.99. The highest BCUT2D eigenvalue weighted by Crippen LogP contribution is 2.54. The van der Waals surface area contributed by atoms with Crippen molar-refractivity contribution in [3.05, 3.63) is 0 Å². The summed E-state index contributed by atoms with van der Waals surface area (Å²) >= 11 is 5.74. The largest absolute Gasteiger partial charge is 0.346 e. The first-order valence-corrected chi connectivity index (χ1v) is 7.74. The summed E-state index contributed by atoms with van der Waals surface area (Å²) in [6.07, 6.45) is 0. The van der Waals surface area contributed by atoms with E-state index in [1.807, 2.05) is 20.8 Å². The zero-order valence-electron chi connectivity index (χ0n) is 11.4. The highest BCUT2D eigenvalue weighted by Gasteiger charge is 2.37. The van der Waals surface area contributed by atoms with Gasteiger partial charge < -0.3 is 10.3 Å². The predicted octanol–water partition coefficient (Wildman–Crippen LogP) is 1.97. The van der Waals surface area contributed by atoms with Crippen LogP contribution in [0.5, 0.6) is 0 Å². The second-order valence-electron chi connectivity index (χ2n) is 4.97. The number of alkyl halides is 1. The summed E-state index contributed by atoms with van der Waals surface area (Å²) in [6, 6.07) is 0. The van der Waals surface area contributed by atoms with Gasteiger partial charge in [0.05, 0.1) is 5.60 Å². The van der Waals surface area contributed by atoms with Crippen molar-refractivity contribution < 1.29 is 9.09 Å². The Morgan fingerprint density at radius 3 is 2.12 bits per heavy atom. The highest BCUT2D eigenvalue weighted by atomic mass is 35.5. The Hall–Kier alpha value is 0.360. The number of nitrogens with two attached hydrogens (primary N) is 1. The van der Waals surface area contributed by atoms with Crippen LogP contribution in [0.4, 0.5) is 0 Å². The molecule has 0 amide bonds. The van der Waals surface area contributed by atoms with Gasteiger partial charge in [-0.2, -0.15) is 0 Å². The van der Waals surface area contributed by atoms with E-state index in [9.17, 15) is 4.57 Å². The van der Waals surface area contributed by atoms with E-state index in [0.29, 0.717) is 25.5 Å². The standard InChI is InChI=1S/C10H25ClN3O2P/c1-10(2,3)16-17(15,13(4)5)14(8-6-11)9-7-12/h6-9,12H2,1-5H3. The van der Waals surface area contributed by atoms with Gasteiger partial charge in [0.2, 0.25) is 0 Å². The molecule has 7 heteroatoms. The average Bonchev–Trinajstić information content (AvgIpc) is 2.14. The number of hydrogen-bond acceptors (Lipinski definition) is 3. The Kier molecular flexibility index (Phi) is 7.22. The summed E-state index contributed by atoms with van der Waals surface area (Å²) in [5.41, 5.74) is 5.05. The van der Waals surface area contributed by atoms with Crippen LogP contribution in [0.25, 0.3) is 0 Å². The first-order chi connectivity index (χ1) is 7.67. The number of hydrogen-bond donors (Lipinski definition) is 1. The first-order valence-electron chi connectivity index (χ1n) is 5.67. The van der Waals surface area contributed by atoms with E-state index in [2.05, 4.69) is 0 Å². The molecule has 0 bridgehead atoms. The van der Waals surface area contributed by atoms with E-state index in [0.717, 1.165) is 0 Å². The van der Waals surface area contributed by atoms with Gasteiger partial charge in [0.25, 0.3) is 0 Å². The fraction of sp³-hybridized carbons (Fsp3) is 1.00. The molecule has 0 saturated heterocycles. The molecule has 2 N–H and O–H groups in total. The summed E-state index contributed by atoms with van der Waals surface area (Å²) in [5, 5.41) is 0. The molecule has 0 aliphatic carbocycles. The normalized spacial score (nSPS) is 16.5. The van der Waals surface area contributed by atoms with Crippen LogP contribution in [0.3, 0.4) is 0 Å². The second kappa shape index (κ2) is 7.07. The van der Waals surface area contributed by atoms with Crippen molar-refractivity contribution in [3.8, 4) is 0 Å². The van der Waals surface area contributed by atoms with E-state index < -0.39 is 13.3 Å². The Morgan fingerprint density at radius 2 is 1.82 bits per heavy atom. The van der Waals surface area contributed by atoms with Gasteiger partial charge in [-0.15, -0.1) is 11.6 Å². The Bertz CT molecular complexity index is 263. The first kappa shape index (κ1) is 17.4. The molecule has 0 heterocycles.